The number of anilines is 1. The summed E-state index contributed by atoms with van der Waals surface area (Å²) in [6.45, 7) is 6.88. The number of allylic oxidation sites excluding steroid dienone is 1. The zero-order valence-corrected chi connectivity index (χ0v) is 19.6. The zero-order chi connectivity index (χ0) is 23.3. The predicted octanol–water partition coefficient (Wildman–Crippen LogP) is 4.11. The van der Waals surface area contributed by atoms with Crippen LogP contribution in [0.4, 0.5) is 5.69 Å². The molecule has 1 aliphatic heterocycles. The van der Waals surface area contributed by atoms with Crippen LogP contribution in [0, 0.1) is 5.92 Å². The summed E-state index contributed by atoms with van der Waals surface area (Å²) in [5.74, 6) is 1.03. The maximum absolute atomic E-state index is 12.9. The molecule has 1 atom stereocenters. The minimum Gasteiger partial charge on any atom is -0.493 e. The Bertz CT molecular complexity index is 1080. The molecule has 2 aromatic carbocycles. The van der Waals surface area contributed by atoms with E-state index in [1.807, 2.05) is 0 Å². The molecule has 0 saturated carbocycles. The summed E-state index contributed by atoms with van der Waals surface area (Å²) in [5.41, 5.74) is 1.68. The lowest BCUT2D eigenvalue weighted by atomic mass is 10.0. The van der Waals surface area contributed by atoms with E-state index >= 15 is 0 Å². The number of ether oxygens (including phenoxy) is 2. The highest BCUT2D eigenvalue weighted by molar-refractivity contribution is 7.89. The maximum atomic E-state index is 12.9. The van der Waals surface area contributed by atoms with Crippen molar-refractivity contribution in [3.63, 3.8) is 0 Å². The molecule has 1 amide bonds. The molecule has 0 bridgehead atoms. The van der Waals surface area contributed by atoms with E-state index in [-0.39, 0.29) is 10.8 Å². The Morgan fingerprint density at radius 2 is 1.94 bits per heavy atom. The molecule has 0 spiro atoms. The second-order valence-corrected chi connectivity index (χ2v) is 9.89. The van der Waals surface area contributed by atoms with Crippen LogP contribution >= 0.6 is 0 Å². The van der Waals surface area contributed by atoms with Crippen LogP contribution in [0.15, 0.2) is 53.9 Å². The number of hydrogen-bond acceptors (Lipinski definition) is 5. The van der Waals surface area contributed by atoms with Gasteiger partial charge in [0.25, 0.3) is 5.91 Å². The average molecular weight is 459 g/mol. The topological polar surface area (TPSA) is 84.9 Å². The summed E-state index contributed by atoms with van der Waals surface area (Å²) in [7, 11) is -0.481. The Morgan fingerprint density at radius 1 is 1.22 bits per heavy atom. The zero-order valence-electron chi connectivity index (χ0n) is 18.8. The van der Waals surface area contributed by atoms with Crippen molar-refractivity contribution >= 4 is 21.6 Å². The van der Waals surface area contributed by atoms with Crippen molar-refractivity contribution in [2.75, 3.05) is 32.6 Å². The number of piperidine rings is 1. The molecule has 1 heterocycles. The first kappa shape index (κ1) is 23.8. The van der Waals surface area contributed by atoms with Crippen LogP contribution in [-0.2, 0) is 16.4 Å². The largest absolute Gasteiger partial charge is 0.493 e. The number of sulfonamides is 1. The number of carbonyl (C=O) groups excluding carboxylic acids is 1. The van der Waals surface area contributed by atoms with Crippen LogP contribution in [0.1, 0.15) is 35.7 Å². The number of amides is 1. The number of methoxy groups -OCH3 is 2. The molecule has 7 nitrogen and oxygen atoms in total. The van der Waals surface area contributed by atoms with E-state index < -0.39 is 10.0 Å². The number of benzene rings is 2. The van der Waals surface area contributed by atoms with Gasteiger partial charge in [0, 0.05) is 29.9 Å². The summed E-state index contributed by atoms with van der Waals surface area (Å²) < 4.78 is 38.2. The van der Waals surface area contributed by atoms with E-state index in [4.69, 9.17) is 9.47 Å². The van der Waals surface area contributed by atoms with E-state index in [1.165, 1.54) is 19.2 Å². The third-order valence-corrected chi connectivity index (χ3v) is 7.43. The van der Waals surface area contributed by atoms with Gasteiger partial charge in [-0.15, -0.1) is 6.58 Å². The van der Waals surface area contributed by atoms with E-state index in [0.717, 1.165) is 18.4 Å². The number of nitrogens with one attached hydrogen (secondary N) is 1. The summed E-state index contributed by atoms with van der Waals surface area (Å²) >= 11 is 0. The van der Waals surface area contributed by atoms with Crippen molar-refractivity contribution in [2.45, 2.75) is 31.1 Å². The quantitative estimate of drug-likeness (QED) is 0.602. The molecule has 0 aromatic heterocycles. The van der Waals surface area contributed by atoms with Crippen molar-refractivity contribution in [1.82, 2.24) is 4.31 Å². The molecule has 1 fully saturated rings. The third-order valence-electron chi connectivity index (χ3n) is 5.55. The van der Waals surface area contributed by atoms with Crippen LogP contribution in [0.5, 0.6) is 11.5 Å². The van der Waals surface area contributed by atoms with Crippen LogP contribution < -0.4 is 14.8 Å². The van der Waals surface area contributed by atoms with Gasteiger partial charge in [0.1, 0.15) is 0 Å². The average Bonchev–Trinajstić information content (AvgIpc) is 2.79. The fourth-order valence-corrected chi connectivity index (χ4v) is 5.51. The lowest BCUT2D eigenvalue weighted by Crippen LogP contribution is -2.39. The lowest BCUT2D eigenvalue weighted by Gasteiger charge is -2.30. The van der Waals surface area contributed by atoms with Crippen LogP contribution in [0.25, 0.3) is 0 Å². The molecular formula is C24H30N2O5S. The van der Waals surface area contributed by atoms with Crippen LogP contribution in [-0.4, -0.2) is 45.9 Å². The van der Waals surface area contributed by atoms with Gasteiger partial charge in [-0.05, 0) is 61.6 Å². The maximum Gasteiger partial charge on any atom is 0.255 e. The lowest BCUT2D eigenvalue weighted by molar-refractivity contribution is 0.102. The van der Waals surface area contributed by atoms with E-state index in [1.54, 1.807) is 41.8 Å². The van der Waals surface area contributed by atoms with E-state index in [9.17, 15) is 13.2 Å². The van der Waals surface area contributed by atoms with Gasteiger partial charge in [-0.1, -0.05) is 13.0 Å². The molecule has 3 rings (SSSR count). The monoisotopic (exact) mass is 458 g/mol. The van der Waals surface area contributed by atoms with Crippen molar-refractivity contribution < 1.29 is 22.7 Å². The predicted molar refractivity (Wildman–Crippen MR) is 125 cm³/mol. The van der Waals surface area contributed by atoms with Crippen molar-refractivity contribution in [1.29, 1.82) is 0 Å². The van der Waals surface area contributed by atoms with E-state index in [2.05, 4.69) is 18.8 Å². The van der Waals surface area contributed by atoms with Crippen molar-refractivity contribution in [3.05, 3.63) is 60.2 Å². The normalized spacial score (nSPS) is 16.9. The molecule has 1 N–H and O–H groups in total. The summed E-state index contributed by atoms with van der Waals surface area (Å²) in [6, 6.07) is 9.60. The molecule has 0 aliphatic carbocycles. The van der Waals surface area contributed by atoms with Gasteiger partial charge in [0.15, 0.2) is 11.5 Å². The van der Waals surface area contributed by atoms with Crippen LogP contribution in [0.3, 0.4) is 0 Å². The summed E-state index contributed by atoms with van der Waals surface area (Å²) in [6.07, 6.45) is 4.15. The highest BCUT2D eigenvalue weighted by atomic mass is 32.2. The Morgan fingerprint density at radius 3 is 2.53 bits per heavy atom. The minimum absolute atomic E-state index is 0.226. The van der Waals surface area contributed by atoms with Gasteiger partial charge < -0.3 is 14.8 Å². The first-order valence-electron chi connectivity index (χ1n) is 10.6. The molecule has 172 valence electrons. The number of nitrogens with zero attached hydrogens (tertiary/aromatic N) is 1. The summed E-state index contributed by atoms with van der Waals surface area (Å²) in [5, 5.41) is 2.81. The van der Waals surface area contributed by atoms with Crippen LogP contribution in [0.2, 0.25) is 0 Å². The smallest absolute Gasteiger partial charge is 0.255 e. The Hall–Kier alpha value is -2.84. The second-order valence-electron chi connectivity index (χ2n) is 7.95. The number of rotatable bonds is 8. The molecule has 1 unspecified atom stereocenters. The molecule has 1 saturated heterocycles. The minimum atomic E-state index is -3.54. The first-order chi connectivity index (χ1) is 15.3. The van der Waals surface area contributed by atoms with E-state index in [0.29, 0.717) is 48.2 Å². The highest BCUT2D eigenvalue weighted by Crippen LogP contribution is 2.33. The summed E-state index contributed by atoms with van der Waals surface area (Å²) in [4.78, 5) is 13.1. The molecule has 2 aromatic rings. The van der Waals surface area contributed by atoms with Gasteiger partial charge >= 0.3 is 0 Å². The molecular weight excluding hydrogens is 428 g/mol. The fraction of sp³-hybridized carbons (Fsp3) is 0.375. The van der Waals surface area contributed by atoms with Gasteiger partial charge in [0.05, 0.1) is 19.1 Å². The molecule has 0 radical (unpaired) electrons. The second kappa shape index (κ2) is 10.2. The highest BCUT2D eigenvalue weighted by Gasteiger charge is 2.28. The van der Waals surface area contributed by atoms with Crippen molar-refractivity contribution in [2.24, 2.45) is 5.92 Å². The Labute approximate surface area is 190 Å². The third kappa shape index (κ3) is 5.14. The fourth-order valence-electron chi connectivity index (χ4n) is 3.91. The standard InChI is InChI=1S/C24H30N2O5S/c1-5-7-18-14-19(15-22(30-3)23(18)31-4)24(27)25-20-9-11-21(12-10-20)32(28,29)26-13-6-8-17(2)16-26/h5,9-12,14-15,17H,1,6-8,13,16H2,2-4H3,(H,25,27). The number of carbonyl (C=O) groups is 1. The first-order valence-corrected chi connectivity index (χ1v) is 12.0. The SMILES string of the molecule is C=CCc1cc(C(=O)Nc2ccc(S(=O)(=O)N3CCCC(C)C3)cc2)cc(OC)c1OC. The Kier molecular flexibility index (Phi) is 7.58. The molecule has 8 heteroatoms. The molecule has 1 aliphatic rings. The van der Waals surface area contributed by atoms with Crippen molar-refractivity contribution in [3.8, 4) is 11.5 Å². The number of hydrogen-bond donors (Lipinski definition) is 1. The van der Waals surface area contributed by atoms with Gasteiger partial charge in [0.2, 0.25) is 10.0 Å². The molecule has 32 heavy (non-hydrogen) atoms. The Balaban J connectivity index is 1.79. The van der Waals surface area contributed by atoms with Gasteiger partial charge in [-0.2, -0.15) is 4.31 Å². The van der Waals surface area contributed by atoms with Gasteiger partial charge in [-0.3, -0.25) is 4.79 Å². The van der Waals surface area contributed by atoms with Gasteiger partial charge in [-0.25, -0.2) is 8.42 Å².